The number of hydrogen-bond donors (Lipinski definition) is 1. The van der Waals surface area contributed by atoms with Crippen LogP contribution in [0.4, 0.5) is 11.4 Å². The van der Waals surface area contributed by atoms with Gasteiger partial charge in [-0.1, -0.05) is 55.2 Å². The Hall–Kier alpha value is -3.81. The number of imidazole rings is 1. The number of aromatic nitrogens is 2. The van der Waals surface area contributed by atoms with E-state index in [4.69, 9.17) is 32.9 Å². The number of carbonyl (C=O) groups excluding carboxylic acids is 2. The van der Waals surface area contributed by atoms with Crippen molar-refractivity contribution < 1.29 is 14.3 Å². The Labute approximate surface area is 249 Å². The monoisotopic (exact) mass is 588 g/mol. The fourth-order valence-corrected chi connectivity index (χ4v) is 6.52. The van der Waals surface area contributed by atoms with E-state index in [1.54, 1.807) is 36.3 Å². The van der Waals surface area contributed by atoms with E-state index < -0.39 is 5.54 Å². The molecule has 0 saturated carbocycles. The molecule has 0 radical (unpaired) electrons. The number of rotatable bonds is 5. The Balaban J connectivity index is 1.75. The predicted octanol–water partition coefficient (Wildman–Crippen LogP) is 7.73. The molecular formula is C32H30Cl2N4O3. The lowest BCUT2D eigenvalue weighted by atomic mass is 9.86. The van der Waals surface area contributed by atoms with Crippen LogP contribution in [0.5, 0.6) is 5.75 Å². The minimum atomic E-state index is -1.53. The van der Waals surface area contributed by atoms with Crippen LogP contribution in [0.3, 0.4) is 0 Å². The van der Waals surface area contributed by atoms with Gasteiger partial charge in [-0.15, -0.1) is 0 Å². The molecule has 1 spiro atoms. The second-order valence-electron chi connectivity index (χ2n) is 11.1. The number of carbonyl (C=O) groups is 2. The zero-order valence-corrected chi connectivity index (χ0v) is 25.2. The van der Waals surface area contributed by atoms with Gasteiger partial charge in [0.1, 0.15) is 11.6 Å². The first-order chi connectivity index (χ1) is 19.5. The molecule has 2 aliphatic rings. The first kappa shape index (κ1) is 27.4. The third-order valence-electron chi connectivity index (χ3n) is 7.99. The third kappa shape index (κ3) is 3.82. The summed E-state index contributed by atoms with van der Waals surface area (Å²) in [6.45, 7) is 10.2. The van der Waals surface area contributed by atoms with Crippen LogP contribution in [-0.2, 0) is 10.3 Å². The highest BCUT2D eigenvalue weighted by Crippen LogP contribution is 2.55. The van der Waals surface area contributed by atoms with E-state index in [0.29, 0.717) is 44.3 Å². The maximum Gasteiger partial charge on any atom is 0.280 e. The van der Waals surface area contributed by atoms with Gasteiger partial charge < -0.3 is 14.6 Å². The fourth-order valence-electron chi connectivity index (χ4n) is 6.18. The molecule has 4 aromatic rings. The van der Waals surface area contributed by atoms with Gasteiger partial charge in [0.15, 0.2) is 11.2 Å². The molecule has 41 heavy (non-hydrogen) atoms. The Morgan fingerprint density at radius 1 is 0.951 bits per heavy atom. The van der Waals surface area contributed by atoms with Crippen LogP contribution in [-0.4, -0.2) is 28.5 Å². The maximum absolute atomic E-state index is 14.6. The van der Waals surface area contributed by atoms with E-state index in [-0.39, 0.29) is 29.5 Å². The average Bonchev–Trinajstić information content (AvgIpc) is 3.53. The zero-order chi connectivity index (χ0) is 29.4. The number of anilines is 2. The molecule has 0 fully saturated rings. The van der Waals surface area contributed by atoms with Gasteiger partial charge in [-0.3, -0.25) is 14.5 Å². The van der Waals surface area contributed by atoms with Gasteiger partial charge >= 0.3 is 0 Å². The summed E-state index contributed by atoms with van der Waals surface area (Å²) >= 11 is 12.8. The summed E-state index contributed by atoms with van der Waals surface area (Å²) in [6.07, 6.45) is 0. The number of hydrogen-bond acceptors (Lipinski definition) is 4. The number of ether oxygens (including phenoxy) is 1. The van der Waals surface area contributed by atoms with Crippen LogP contribution >= 0.6 is 23.2 Å². The summed E-state index contributed by atoms with van der Waals surface area (Å²) < 4.78 is 7.60. The third-order valence-corrected chi connectivity index (χ3v) is 8.47. The van der Waals surface area contributed by atoms with Crippen molar-refractivity contribution in [1.82, 2.24) is 9.55 Å². The van der Waals surface area contributed by atoms with Crippen molar-refractivity contribution >= 4 is 46.4 Å². The number of nitrogens with zero attached hydrogens (tertiary/aromatic N) is 3. The summed E-state index contributed by atoms with van der Waals surface area (Å²) in [5.74, 6) is 0.731. The van der Waals surface area contributed by atoms with Gasteiger partial charge in [-0.05, 0) is 74.2 Å². The van der Waals surface area contributed by atoms with Crippen LogP contribution < -0.4 is 15.0 Å². The predicted molar refractivity (Wildman–Crippen MR) is 163 cm³/mol. The van der Waals surface area contributed by atoms with Gasteiger partial charge in [0, 0.05) is 32.9 Å². The molecule has 3 aromatic carbocycles. The lowest BCUT2D eigenvalue weighted by Crippen LogP contribution is -2.51. The van der Waals surface area contributed by atoms with Gasteiger partial charge in [-0.2, -0.15) is 0 Å². The highest BCUT2D eigenvalue weighted by atomic mass is 35.5. The minimum absolute atomic E-state index is 0.151. The Morgan fingerprint density at radius 2 is 1.66 bits per heavy atom. The van der Waals surface area contributed by atoms with Crippen molar-refractivity contribution in [1.29, 1.82) is 0 Å². The van der Waals surface area contributed by atoms with E-state index in [2.05, 4.69) is 19.2 Å². The fraction of sp³-hybridized carbons (Fsp3) is 0.281. The molecule has 210 valence electrons. The van der Waals surface area contributed by atoms with Crippen LogP contribution in [0.25, 0.3) is 11.4 Å². The van der Waals surface area contributed by atoms with Crippen molar-refractivity contribution in [2.75, 3.05) is 17.3 Å². The second kappa shape index (κ2) is 9.64. The molecular weight excluding hydrogens is 559 g/mol. The van der Waals surface area contributed by atoms with Gasteiger partial charge in [0.05, 0.1) is 18.5 Å². The Bertz CT molecular complexity index is 1760. The van der Waals surface area contributed by atoms with Crippen LogP contribution in [0.1, 0.15) is 72.5 Å². The van der Waals surface area contributed by atoms with Crippen LogP contribution in [0.15, 0.2) is 54.6 Å². The zero-order valence-electron chi connectivity index (χ0n) is 23.7. The number of methoxy groups -OCH3 is 1. The smallest absolute Gasteiger partial charge is 0.280 e. The molecule has 6 rings (SSSR count). The lowest BCUT2D eigenvalue weighted by molar-refractivity contribution is -0.119. The quantitative estimate of drug-likeness (QED) is 0.259. The van der Waals surface area contributed by atoms with Crippen LogP contribution in [0, 0.1) is 6.92 Å². The summed E-state index contributed by atoms with van der Waals surface area (Å²) in [7, 11) is 1.62. The van der Waals surface area contributed by atoms with E-state index >= 15 is 0 Å². The van der Waals surface area contributed by atoms with E-state index in [1.165, 1.54) is 0 Å². The lowest BCUT2D eigenvalue weighted by Gasteiger charge is -2.36. The first-order valence-electron chi connectivity index (χ1n) is 13.5. The number of halogens is 2. The van der Waals surface area contributed by atoms with Crippen molar-refractivity contribution in [3.63, 3.8) is 0 Å². The first-order valence-corrected chi connectivity index (χ1v) is 14.3. The standard InChI is InChI=1S/C32H30Cl2N4O3/c1-16(2)22-11-10-21(41-6)15-23(22)29-36-27-28(37(29)17(3)4)32(24-12-9-19(33)13-25(24)35-31(32)40)38(30(27)39)26-14-20(34)8-7-18(26)5/h7-17H,1-6H3,(H,35,40)/t32-/m1/s1. The van der Waals surface area contributed by atoms with Gasteiger partial charge in [0.2, 0.25) is 0 Å². The molecule has 2 aliphatic heterocycles. The maximum atomic E-state index is 14.6. The number of aryl methyl sites for hydroxylation is 1. The molecule has 1 aromatic heterocycles. The summed E-state index contributed by atoms with van der Waals surface area (Å²) in [5, 5.41) is 3.95. The molecule has 7 nitrogen and oxygen atoms in total. The normalized spacial score (nSPS) is 17.6. The van der Waals surface area contributed by atoms with Crippen molar-refractivity contribution in [2.24, 2.45) is 0 Å². The van der Waals surface area contributed by atoms with Gasteiger partial charge in [-0.25, -0.2) is 4.98 Å². The Morgan fingerprint density at radius 3 is 2.34 bits per heavy atom. The summed E-state index contributed by atoms with van der Waals surface area (Å²) in [4.78, 5) is 35.6. The largest absolute Gasteiger partial charge is 0.497 e. The molecule has 0 aliphatic carbocycles. The number of amides is 2. The summed E-state index contributed by atoms with van der Waals surface area (Å²) in [6, 6.07) is 16.4. The molecule has 1 N–H and O–H groups in total. The molecule has 1 atom stereocenters. The average molecular weight is 590 g/mol. The van der Waals surface area contributed by atoms with E-state index in [9.17, 15) is 9.59 Å². The van der Waals surface area contributed by atoms with Crippen molar-refractivity contribution in [2.45, 2.75) is 52.1 Å². The molecule has 0 bridgehead atoms. The molecule has 2 amide bonds. The second-order valence-corrected chi connectivity index (χ2v) is 12.0. The number of benzene rings is 3. The SMILES string of the molecule is COc1ccc(C(C)C)c(-c2nc3c(n2C(C)C)[C@]2(C(=O)Nc4cc(Cl)ccc42)N(c2cc(Cl)ccc2C)C3=O)c1. The summed E-state index contributed by atoms with van der Waals surface area (Å²) in [5.41, 5.74) is 3.64. The molecule has 9 heteroatoms. The van der Waals surface area contributed by atoms with Crippen LogP contribution in [0.2, 0.25) is 10.0 Å². The van der Waals surface area contributed by atoms with E-state index in [1.807, 2.05) is 55.7 Å². The van der Waals surface area contributed by atoms with E-state index in [0.717, 1.165) is 16.7 Å². The number of nitrogens with one attached hydrogen (secondary N) is 1. The molecule has 3 heterocycles. The van der Waals surface area contributed by atoms with Crippen molar-refractivity contribution in [3.05, 3.63) is 92.7 Å². The topological polar surface area (TPSA) is 76.5 Å². The molecule has 0 saturated heterocycles. The Kier molecular flexibility index (Phi) is 6.43. The molecule has 0 unspecified atom stereocenters. The number of fused-ring (bicyclic) bond motifs is 4. The van der Waals surface area contributed by atoms with Gasteiger partial charge in [0.25, 0.3) is 11.8 Å². The highest BCUT2D eigenvalue weighted by Gasteiger charge is 2.64. The van der Waals surface area contributed by atoms with Crippen molar-refractivity contribution in [3.8, 4) is 17.1 Å². The minimum Gasteiger partial charge on any atom is -0.497 e. The highest BCUT2D eigenvalue weighted by molar-refractivity contribution is 6.32.